The minimum Gasteiger partial charge on any atom is -0.410 e. The molecule has 0 radical (unpaired) electrons. The zero-order valence-corrected chi connectivity index (χ0v) is 19.2. The molecule has 176 valence electrons. The van der Waals surface area contributed by atoms with Gasteiger partial charge in [-0.3, -0.25) is 9.59 Å². The molecule has 2 heterocycles. The van der Waals surface area contributed by atoms with Gasteiger partial charge in [-0.2, -0.15) is 0 Å². The van der Waals surface area contributed by atoms with Gasteiger partial charge >= 0.3 is 0 Å². The summed E-state index contributed by atoms with van der Waals surface area (Å²) < 4.78 is 8.87. The van der Waals surface area contributed by atoms with Crippen LogP contribution in [-0.4, -0.2) is 78.5 Å². The Morgan fingerprint density at radius 2 is 1.41 bits per heavy atom. The number of nitrogens with zero attached hydrogens (tertiary/aromatic N) is 6. The molecule has 15 nitrogen and oxygen atoms in total. The normalized spacial score (nSPS) is 11.5. The van der Waals surface area contributed by atoms with Crippen molar-refractivity contribution in [2.45, 2.75) is 23.9 Å². The first-order valence-electron chi connectivity index (χ1n) is 8.67. The fourth-order valence-electron chi connectivity index (χ4n) is 1.69. The van der Waals surface area contributed by atoms with Crippen molar-refractivity contribution in [1.29, 1.82) is 0 Å². The average molecular weight is 510 g/mol. The van der Waals surface area contributed by atoms with Crippen molar-refractivity contribution < 1.29 is 29.3 Å². The number of nitrogens with two attached hydrogens (primary N) is 1. The number of rotatable bonds is 10. The molecule has 0 saturated heterocycles. The van der Waals surface area contributed by atoms with E-state index in [1.165, 1.54) is 0 Å². The van der Waals surface area contributed by atoms with Gasteiger partial charge in [0.2, 0.25) is 11.8 Å². The van der Waals surface area contributed by atoms with Crippen molar-refractivity contribution in [3.8, 4) is 0 Å². The Kier molecular flexibility index (Phi) is 12.5. The molecule has 0 spiro atoms. The molecule has 0 saturated carbocycles. The fourth-order valence-corrected chi connectivity index (χ4v) is 3.33. The van der Waals surface area contributed by atoms with Crippen LogP contribution in [0, 0.1) is 0 Å². The van der Waals surface area contributed by atoms with Gasteiger partial charge in [-0.25, -0.2) is 9.26 Å². The van der Waals surface area contributed by atoms with E-state index < -0.39 is 0 Å². The number of thioether (sulfide) groups is 2. The van der Waals surface area contributed by atoms with Crippen LogP contribution in [0.4, 0.5) is 0 Å². The number of hydrogen-bond donors (Lipinski definition) is 5. The van der Waals surface area contributed by atoms with E-state index in [0.717, 1.165) is 23.5 Å². The Bertz CT molecular complexity index is 861. The maximum Gasteiger partial charge on any atom is 0.230 e. The summed E-state index contributed by atoms with van der Waals surface area (Å²) in [5.41, 5.74) is 5.56. The standard InChI is InChI=1S/C7H9ClN4O3S.C7H11N5O3S/c2*1-2-9-4(13)3-16-7-5(6(8)10-14)11-15-12-7/h14H,2-3H2,1H3,(H,9,13);14H,2-3H2,1H3,(H2,8,10)(H,9,13)/b10-6-;. The van der Waals surface area contributed by atoms with Crippen LogP contribution in [0.15, 0.2) is 29.6 Å². The lowest BCUT2D eigenvalue weighted by Gasteiger charge is -1.99. The Labute approximate surface area is 194 Å². The number of carbonyl (C=O) groups excluding carboxylic acids is 2. The first kappa shape index (κ1) is 27.0. The quantitative estimate of drug-likeness (QED) is 0.0938. The molecule has 2 rings (SSSR count). The number of halogens is 1. The third kappa shape index (κ3) is 8.98. The fraction of sp³-hybridized carbons (Fsp3) is 0.429. The highest BCUT2D eigenvalue weighted by Crippen LogP contribution is 2.20. The number of aromatic nitrogens is 4. The van der Waals surface area contributed by atoms with Gasteiger partial charge in [0.1, 0.15) is 0 Å². The number of amides is 2. The van der Waals surface area contributed by atoms with Gasteiger partial charge in [-0.15, -0.1) is 0 Å². The molecule has 2 aromatic rings. The smallest absolute Gasteiger partial charge is 0.230 e. The highest BCUT2D eigenvalue weighted by atomic mass is 35.5. The van der Waals surface area contributed by atoms with Crippen molar-refractivity contribution in [1.82, 2.24) is 31.3 Å². The predicted octanol–water partition coefficient (Wildman–Crippen LogP) is 0.0647. The number of nitrogens with one attached hydrogen (secondary N) is 2. The second kappa shape index (κ2) is 14.9. The van der Waals surface area contributed by atoms with E-state index in [2.05, 4.69) is 50.8 Å². The highest BCUT2D eigenvalue weighted by molar-refractivity contribution is 8.00. The van der Waals surface area contributed by atoms with Crippen LogP contribution >= 0.6 is 35.1 Å². The van der Waals surface area contributed by atoms with Crippen molar-refractivity contribution in [2.75, 3.05) is 24.6 Å². The van der Waals surface area contributed by atoms with Gasteiger partial charge in [0, 0.05) is 13.1 Å². The van der Waals surface area contributed by atoms with Crippen LogP contribution in [0.25, 0.3) is 0 Å². The molecule has 2 amide bonds. The Balaban J connectivity index is 0.000000320. The van der Waals surface area contributed by atoms with Gasteiger partial charge in [0.15, 0.2) is 32.4 Å². The zero-order valence-electron chi connectivity index (χ0n) is 16.8. The zero-order chi connectivity index (χ0) is 23.9. The van der Waals surface area contributed by atoms with Crippen LogP contribution in [-0.2, 0) is 9.59 Å². The van der Waals surface area contributed by atoms with Crippen molar-refractivity contribution in [3.05, 3.63) is 11.4 Å². The van der Waals surface area contributed by atoms with Crippen LogP contribution in [0.5, 0.6) is 0 Å². The lowest BCUT2D eigenvalue weighted by Crippen LogP contribution is -2.24. The van der Waals surface area contributed by atoms with Gasteiger partial charge < -0.3 is 26.8 Å². The monoisotopic (exact) mass is 509 g/mol. The van der Waals surface area contributed by atoms with Crippen LogP contribution < -0.4 is 16.4 Å². The van der Waals surface area contributed by atoms with Crippen molar-refractivity contribution >= 4 is 57.9 Å². The molecule has 6 N–H and O–H groups in total. The van der Waals surface area contributed by atoms with E-state index in [0.29, 0.717) is 23.1 Å². The molecule has 2 aromatic heterocycles. The lowest BCUT2D eigenvalue weighted by molar-refractivity contribution is -0.119. The summed E-state index contributed by atoms with van der Waals surface area (Å²) in [6, 6.07) is 0. The number of hydrogen-bond acceptors (Lipinski definition) is 14. The maximum absolute atomic E-state index is 11.2. The van der Waals surface area contributed by atoms with Crippen LogP contribution in [0.1, 0.15) is 25.2 Å². The Hall–Kier alpha value is -3.05. The van der Waals surface area contributed by atoms with Gasteiger partial charge in [-0.05, 0) is 34.5 Å². The third-order valence-electron chi connectivity index (χ3n) is 2.98. The molecule has 0 aliphatic heterocycles. The first-order chi connectivity index (χ1) is 15.4. The van der Waals surface area contributed by atoms with E-state index in [-0.39, 0.29) is 45.7 Å². The van der Waals surface area contributed by atoms with Crippen molar-refractivity contribution in [2.24, 2.45) is 16.0 Å². The Morgan fingerprint density at radius 3 is 1.84 bits per heavy atom. The summed E-state index contributed by atoms with van der Waals surface area (Å²) in [4.78, 5) is 22.3. The van der Waals surface area contributed by atoms with E-state index in [9.17, 15) is 9.59 Å². The number of amidine groups is 1. The summed E-state index contributed by atoms with van der Waals surface area (Å²) in [7, 11) is 0. The molecule has 0 aliphatic rings. The van der Waals surface area contributed by atoms with E-state index in [4.69, 9.17) is 27.7 Å². The predicted molar refractivity (Wildman–Crippen MR) is 114 cm³/mol. The molecule has 0 fully saturated rings. The molecular formula is C14H20ClN9O6S2. The number of oxime groups is 2. The second-order valence-corrected chi connectivity index (χ2v) is 7.48. The van der Waals surface area contributed by atoms with Gasteiger partial charge in [0.25, 0.3) is 0 Å². The number of carbonyl (C=O) groups is 2. The van der Waals surface area contributed by atoms with Crippen LogP contribution in [0.3, 0.4) is 0 Å². The summed E-state index contributed by atoms with van der Waals surface area (Å²) in [6.45, 7) is 4.76. The molecule has 18 heteroatoms. The van der Waals surface area contributed by atoms with Crippen molar-refractivity contribution in [3.63, 3.8) is 0 Å². The maximum atomic E-state index is 11.2. The molecule has 0 unspecified atom stereocenters. The SMILES string of the molecule is CCNC(=O)CSc1nonc1/C(Cl)=N/O.CCNC(=O)CSc1nonc1/C(N)=N/O. The topological polar surface area (TPSA) is 227 Å². The van der Waals surface area contributed by atoms with Gasteiger partial charge in [-0.1, -0.05) is 45.4 Å². The summed E-state index contributed by atoms with van der Waals surface area (Å²) >= 11 is 7.72. The third-order valence-corrected chi connectivity index (χ3v) is 5.13. The van der Waals surface area contributed by atoms with Crippen LogP contribution in [0.2, 0.25) is 0 Å². The molecule has 32 heavy (non-hydrogen) atoms. The lowest BCUT2D eigenvalue weighted by atomic mass is 10.4. The summed E-state index contributed by atoms with van der Waals surface area (Å²) in [5.74, 6) is -0.169. The highest BCUT2D eigenvalue weighted by Gasteiger charge is 2.17. The summed E-state index contributed by atoms with van der Waals surface area (Å²) in [5, 5.41) is 42.0. The molecule has 0 aliphatic carbocycles. The van der Waals surface area contributed by atoms with Gasteiger partial charge in [0.05, 0.1) is 11.5 Å². The van der Waals surface area contributed by atoms with E-state index in [1.54, 1.807) is 0 Å². The average Bonchev–Trinajstić information content (AvgIpc) is 3.45. The molecular weight excluding hydrogens is 490 g/mol. The minimum atomic E-state index is -0.236. The van der Waals surface area contributed by atoms with E-state index in [1.807, 2.05) is 13.8 Å². The summed E-state index contributed by atoms with van der Waals surface area (Å²) in [6.07, 6.45) is 0. The minimum absolute atomic E-state index is 0.110. The molecule has 0 atom stereocenters. The first-order valence-corrected chi connectivity index (χ1v) is 11.0. The Morgan fingerprint density at radius 1 is 0.938 bits per heavy atom. The molecule has 0 bridgehead atoms. The van der Waals surface area contributed by atoms with E-state index >= 15 is 0 Å². The largest absolute Gasteiger partial charge is 0.410 e. The molecule has 0 aromatic carbocycles. The second-order valence-electron chi connectivity index (χ2n) is 5.20.